The molecule has 0 aromatic heterocycles. The Balaban J connectivity index is 2.08. The predicted molar refractivity (Wildman–Crippen MR) is 72.3 cm³/mol. The van der Waals surface area contributed by atoms with Gasteiger partial charge in [-0.3, -0.25) is 0 Å². The van der Waals surface area contributed by atoms with Gasteiger partial charge in [-0.15, -0.1) is 0 Å². The lowest BCUT2D eigenvalue weighted by Crippen LogP contribution is -2.08. The molecule has 19 heavy (non-hydrogen) atoms. The zero-order valence-corrected chi connectivity index (χ0v) is 10.5. The van der Waals surface area contributed by atoms with Gasteiger partial charge in [-0.05, 0) is 30.7 Å². The summed E-state index contributed by atoms with van der Waals surface area (Å²) in [7, 11) is 0. The van der Waals surface area contributed by atoms with Gasteiger partial charge in [0.05, 0.1) is 0 Å². The zero-order valence-electron chi connectivity index (χ0n) is 10.5. The number of ether oxygens (including phenoxy) is 1. The molecule has 0 amide bonds. The highest BCUT2D eigenvalue weighted by molar-refractivity contribution is 5.92. The maximum Gasteiger partial charge on any atom is 0.372 e. The van der Waals surface area contributed by atoms with Crippen LogP contribution in [-0.2, 0) is 4.79 Å². The van der Waals surface area contributed by atoms with E-state index in [0.29, 0.717) is 11.3 Å². The van der Waals surface area contributed by atoms with Crippen molar-refractivity contribution in [1.29, 1.82) is 0 Å². The first-order chi connectivity index (χ1) is 9.15. The lowest BCUT2D eigenvalue weighted by atomic mass is 10.1. The van der Waals surface area contributed by atoms with Gasteiger partial charge in [-0.25, -0.2) is 4.79 Å². The van der Waals surface area contributed by atoms with Gasteiger partial charge in [-0.2, -0.15) is 4.39 Å². The van der Waals surface area contributed by atoms with Crippen LogP contribution in [0.1, 0.15) is 11.1 Å². The third-order valence-corrected chi connectivity index (χ3v) is 2.52. The summed E-state index contributed by atoms with van der Waals surface area (Å²) >= 11 is 0. The number of carbonyl (C=O) groups is 1. The van der Waals surface area contributed by atoms with Crippen LogP contribution < -0.4 is 4.74 Å². The molecule has 96 valence electrons. The molecular formula is C16H13FO2. The molecule has 0 saturated carbocycles. The Labute approximate surface area is 111 Å². The van der Waals surface area contributed by atoms with Gasteiger partial charge in [0, 0.05) is 0 Å². The van der Waals surface area contributed by atoms with Gasteiger partial charge >= 0.3 is 5.97 Å². The van der Waals surface area contributed by atoms with Crippen LogP contribution >= 0.6 is 0 Å². The molecule has 0 atom stereocenters. The summed E-state index contributed by atoms with van der Waals surface area (Å²) < 4.78 is 18.5. The van der Waals surface area contributed by atoms with E-state index in [9.17, 15) is 9.18 Å². The van der Waals surface area contributed by atoms with Crippen LogP contribution in [0.25, 0.3) is 6.08 Å². The van der Waals surface area contributed by atoms with E-state index in [1.807, 2.05) is 19.1 Å². The quantitative estimate of drug-likeness (QED) is 0.473. The van der Waals surface area contributed by atoms with Crippen molar-refractivity contribution in [2.75, 3.05) is 0 Å². The highest BCUT2D eigenvalue weighted by Gasteiger charge is 2.11. The van der Waals surface area contributed by atoms with E-state index in [1.54, 1.807) is 42.5 Å². The van der Waals surface area contributed by atoms with Gasteiger partial charge in [0.1, 0.15) is 5.75 Å². The van der Waals surface area contributed by atoms with E-state index < -0.39 is 11.8 Å². The van der Waals surface area contributed by atoms with E-state index in [-0.39, 0.29) is 0 Å². The Kier molecular flexibility index (Phi) is 4.08. The molecule has 0 aliphatic rings. The minimum atomic E-state index is -0.994. The molecule has 0 bridgehead atoms. The van der Waals surface area contributed by atoms with Gasteiger partial charge in [0.25, 0.3) is 0 Å². The van der Waals surface area contributed by atoms with E-state index >= 15 is 0 Å². The summed E-state index contributed by atoms with van der Waals surface area (Å²) in [4.78, 5) is 11.5. The Hall–Kier alpha value is -2.42. The molecule has 0 spiro atoms. The summed E-state index contributed by atoms with van der Waals surface area (Å²) in [6.45, 7) is 1.94. The summed E-state index contributed by atoms with van der Waals surface area (Å²) in [5.41, 5.74) is 1.69. The maximum atomic E-state index is 13.7. The number of halogens is 1. The first kappa shape index (κ1) is 13.0. The van der Waals surface area contributed by atoms with Crippen LogP contribution in [-0.4, -0.2) is 5.97 Å². The van der Waals surface area contributed by atoms with Crippen molar-refractivity contribution in [3.05, 3.63) is 71.6 Å². The second-order valence-corrected chi connectivity index (χ2v) is 4.11. The number of hydrogen-bond acceptors (Lipinski definition) is 2. The number of carbonyl (C=O) groups excluding carboxylic acids is 1. The zero-order chi connectivity index (χ0) is 13.7. The lowest BCUT2D eigenvalue weighted by Gasteiger charge is -2.02. The van der Waals surface area contributed by atoms with Gasteiger partial charge < -0.3 is 4.74 Å². The smallest absolute Gasteiger partial charge is 0.372 e. The van der Waals surface area contributed by atoms with Crippen LogP contribution in [0.4, 0.5) is 4.39 Å². The second kappa shape index (κ2) is 5.96. The molecule has 0 saturated heterocycles. The van der Waals surface area contributed by atoms with E-state index in [0.717, 1.165) is 11.6 Å². The molecule has 2 nitrogen and oxygen atoms in total. The number of esters is 1. The summed E-state index contributed by atoms with van der Waals surface area (Å²) in [6, 6.07) is 15.6. The largest absolute Gasteiger partial charge is 0.421 e. The van der Waals surface area contributed by atoms with E-state index in [2.05, 4.69) is 0 Å². The van der Waals surface area contributed by atoms with Crippen molar-refractivity contribution in [3.63, 3.8) is 0 Å². The average Bonchev–Trinajstić information content (AvgIpc) is 2.42. The molecule has 2 aromatic carbocycles. The first-order valence-corrected chi connectivity index (χ1v) is 5.86. The summed E-state index contributed by atoms with van der Waals surface area (Å²) in [5, 5.41) is 0. The SMILES string of the molecule is Cc1ccc(C=C(F)C(=O)Oc2ccccc2)cc1. The molecule has 0 aliphatic carbocycles. The second-order valence-electron chi connectivity index (χ2n) is 4.11. The van der Waals surface area contributed by atoms with Crippen LogP contribution in [0, 0.1) is 6.92 Å². The van der Waals surface area contributed by atoms with E-state index in [4.69, 9.17) is 4.74 Å². The number of aryl methyl sites for hydroxylation is 1. The molecule has 0 aliphatic heterocycles. The minimum Gasteiger partial charge on any atom is -0.421 e. The number of benzene rings is 2. The fourth-order valence-corrected chi connectivity index (χ4v) is 1.51. The number of para-hydroxylation sites is 1. The Morgan fingerprint density at radius 2 is 1.68 bits per heavy atom. The summed E-state index contributed by atoms with van der Waals surface area (Å²) in [5.74, 6) is -1.60. The van der Waals surface area contributed by atoms with Crippen LogP contribution in [0.3, 0.4) is 0 Å². The van der Waals surface area contributed by atoms with E-state index in [1.165, 1.54) is 0 Å². The van der Waals surface area contributed by atoms with Gasteiger partial charge in [0.15, 0.2) is 0 Å². The number of rotatable bonds is 3. The number of hydrogen-bond donors (Lipinski definition) is 0. The minimum absolute atomic E-state index is 0.319. The van der Waals surface area contributed by atoms with Crippen LogP contribution in [0.5, 0.6) is 5.75 Å². The normalized spacial score (nSPS) is 11.2. The molecule has 3 heteroatoms. The standard InChI is InChI=1S/C16H13FO2/c1-12-7-9-13(10-8-12)11-15(17)16(18)19-14-5-3-2-4-6-14/h2-11H,1H3. The molecule has 2 aromatic rings. The average molecular weight is 256 g/mol. The monoisotopic (exact) mass is 256 g/mol. The van der Waals surface area contributed by atoms with Crippen LogP contribution in [0.15, 0.2) is 60.4 Å². The molecular weight excluding hydrogens is 243 g/mol. The fourth-order valence-electron chi connectivity index (χ4n) is 1.51. The highest BCUT2D eigenvalue weighted by atomic mass is 19.1. The molecule has 0 heterocycles. The third kappa shape index (κ3) is 3.78. The molecule has 0 radical (unpaired) electrons. The van der Waals surface area contributed by atoms with Gasteiger partial charge in [-0.1, -0.05) is 48.0 Å². The van der Waals surface area contributed by atoms with Crippen molar-refractivity contribution in [2.45, 2.75) is 6.92 Å². The molecule has 0 fully saturated rings. The Morgan fingerprint density at radius 1 is 1.05 bits per heavy atom. The molecule has 0 N–H and O–H groups in total. The summed E-state index contributed by atoms with van der Waals surface area (Å²) in [6.07, 6.45) is 1.16. The van der Waals surface area contributed by atoms with Gasteiger partial charge in [0.2, 0.25) is 5.83 Å². The Bertz CT molecular complexity index is 586. The fraction of sp³-hybridized carbons (Fsp3) is 0.0625. The van der Waals surface area contributed by atoms with Crippen molar-refractivity contribution < 1.29 is 13.9 Å². The van der Waals surface area contributed by atoms with Crippen molar-refractivity contribution >= 4 is 12.0 Å². The topological polar surface area (TPSA) is 26.3 Å². The molecule has 0 unspecified atom stereocenters. The third-order valence-electron chi connectivity index (χ3n) is 2.52. The van der Waals surface area contributed by atoms with Crippen LogP contribution in [0.2, 0.25) is 0 Å². The molecule has 2 rings (SSSR count). The first-order valence-electron chi connectivity index (χ1n) is 5.86. The van der Waals surface area contributed by atoms with Crippen molar-refractivity contribution in [3.8, 4) is 5.75 Å². The highest BCUT2D eigenvalue weighted by Crippen LogP contribution is 2.14. The van der Waals surface area contributed by atoms with Crippen molar-refractivity contribution in [1.82, 2.24) is 0 Å². The van der Waals surface area contributed by atoms with Crippen molar-refractivity contribution in [2.24, 2.45) is 0 Å². The maximum absolute atomic E-state index is 13.7. The predicted octanol–water partition coefficient (Wildman–Crippen LogP) is 3.91. The lowest BCUT2D eigenvalue weighted by molar-refractivity contribution is -0.131. The Morgan fingerprint density at radius 3 is 2.32 bits per heavy atom.